The minimum absolute atomic E-state index is 1.08. The molecule has 1 heteroatoms. The van der Waals surface area contributed by atoms with Crippen molar-refractivity contribution >= 4 is 15.8 Å². The second-order valence-corrected chi connectivity index (χ2v) is 4.01. The van der Waals surface area contributed by atoms with Gasteiger partial charge in [0.1, 0.15) is 0 Å². The predicted octanol–water partition coefficient (Wildman–Crippen LogP) is 2.44. The fourth-order valence-electron chi connectivity index (χ4n) is 1.74. The van der Waals surface area contributed by atoms with Crippen LogP contribution < -0.4 is 0 Å². The molecule has 0 heterocycles. The highest BCUT2D eigenvalue weighted by Gasteiger charge is 2.01. The summed E-state index contributed by atoms with van der Waals surface area (Å²) in [5.74, 6) is 0. The Morgan fingerprint density at radius 1 is 0.733 bits per heavy atom. The van der Waals surface area contributed by atoms with Crippen molar-refractivity contribution in [2.45, 2.75) is 0 Å². The standard InChI is InChI=1S/C14H14Si/c15-11-14(12-7-3-1-4-8-12)13-9-5-2-6-10-13/h1-11H,15H3. The van der Waals surface area contributed by atoms with Crippen LogP contribution in [0.2, 0.25) is 0 Å². The molecule has 0 atom stereocenters. The van der Waals surface area contributed by atoms with Crippen LogP contribution in [0.25, 0.3) is 5.57 Å². The van der Waals surface area contributed by atoms with E-state index in [4.69, 9.17) is 0 Å². The van der Waals surface area contributed by atoms with Crippen LogP contribution in [0.4, 0.5) is 0 Å². The van der Waals surface area contributed by atoms with Gasteiger partial charge in [-0.25, -0.2) is 0 Å². The van der Waals surface area contributed by atoms with Gasteiger partial charge < -0.3 is 0 Å². The number of benzene rings is 2. The second-order valence-electron chi connectivity index (χ2n) is 3.43. The van der Waals surface area contributed by atoms with Crippen LogP contribution in [-0.4, -0.2) is 10.2 Å². The first-order valence-corrected chi connectivity index (χ1v) is 6.34. The minimum atomic E-state index is 1.08. The quantitative estimate of drug-likeness (QED) is 0.668. The van der Waals surface area contributed by atoms with Crippen LogP contribution >= 0.6 is 0 Å². The zero-order chi connectivity index (χ0) is 10.5. The van der Waals surface area contributed by atoms with Crippen molar-refractivity contribution in [2.24, 2.45) is 0 Å². The maximum absolute atomic E-state index is 2.30. The van der Waals surface area contributed by atoms with Crippen LogP contribution in [0.1, 0.15) is 11.1 Å². The smallest absolute Gasteiger partial charge is 0.0299 e. The van der Waals surface area contributed by atoms with E-state index in [1.807, 2.05) is 0 Å². The average molecular weight is 210 g/mol. The van der Waals surface area contributed by atoms with Crippen molar-refractivity contribution in [2.75, 3.05) is 0 Å². The van der Waals surface area contributed by atoms with Gasteiger partial charge >= 0.3 is 0 Å². The Kier molecular flexibility index (Phi) is 3.15. The van der Waals surface area contributed by atoms with Gasteiger partial charge in [-0.3, -0.25) is 0 Å². The number of hydrogen-bond acceptors (Lipinski definition) is 0. The van der Waals surface area contributed by atoms with Gasteiger partial charge in [-0.05, 0) is 16.7 Å². The summed E-state index contributed by atoms with van der Waals surface area (Å²) in [5, 5.41) is 0. The summed E-state index contributed by atoms with van der Waals surface area (Å²) in [6.45, 7) is 0. The van der Waals surface area contributed by atoms with E-state index in [-0.39, 0.29) is 0 Å². The molecule has 0 saturated carbocycles. The predicted molar refractivity (Wildman–Crippen MR) is 69.9 cm³/mol. The van der Waals surface area contributed by atoms with E-state index in [1.165, 1.54) is 16.7 Å². The molecule has 0 fully saturated rings. The molecule has 0 amide bonds. The molecule has 0 bridgehead atoms. The van der Waals surface area contributed by atoms with Crippen LogP contribution in [0.3, 0.4) is 0 Å². The third kappa shape index (κ3) is 2.25. The van der Waals surface area contributed by atoms with Crippen molar-refractivity contribution in [1.82, 2.24) is 0 Å². The maximum atomic E-state index is 2.30. The van der Waals surface area contributed by atoms with Crippen LogP contribution in [0, 0.1) is 0 Å². The van der Waals surface area contributed by atoms with E-state index in [2.05, 4.69) is 66.4 Å². The summed E-state index contributed by atoms with van der Waals surface area (Å²) in [7, 11) is 1.08. The Balaban J connectivity index is 2.44. The molecule has 0 aliphatic heterocycles. The van der Waals surface area contributed by atoms with E-state index in [9.17, 15) is 0 Å². The highest BCUT2D eigenvalue weighted by atomic mass is 28.1. The van der Waals surface area contributed by atoms with E-state index in [0.29, 0.717) is 0 Å². The molecule has 0 aliphatic rings. The van der Waals surface area contributed by atoms with E-state index >= 15 is 0 Å². The summed E-state index contributed by atoms with van der Waals surface area (Å²) in [4.78, 5) is 0. The average Bonchev–Trinajstić information content (AvgIpc) is 2.33. The SMILES string of the molecule is [SiH3]C=C(c1ccccc1)c1ccccc1. The monoisotopic (exact) mass is 210 g/mol. The molecule has 0 N–H and O–H groups in total. The third-order valence-electron chi connectivity index (χ3n) is 2.46. The minimum Gasteiger partial charge on any atom is -0.0971 e. The largest absolute Gasteiger partial charge is 0.0971 e. The molecule has 0 unspecified atom stereocenters. The van der Waals surface area contributed by atoms with Crippen molar-refractivity contribution in [3.05, 3.63) is 77.5 Å². The first kappa shape index (κ1) is 9.93. The van der Waals surface area contributed by atoms with E-state index < -0.39 is 0 Å². The maximum Gasteiger partial charge on any atom is 0.0299 e. The zero-order valence-corrected chi connectivity index (χ0v) is 10.9. The Morgan fingerprint density at radius 2 is 1.13 bits per heavy atom. The number of rotatable bonds is 2. The molecular weight excluding hydrogens is 196 g/mol. The first-order chi connectivity index (χ1) is 7.42. The second kappa shape index (κ2) is 4.76. The van der Waals surface area contributed by atoms with Crippen molar-refractivity contribution in [1.29, 1.82) is 0 Å². The highest BCUT2D eigenvalue weighted by molar-refractivity contribution is 6.21. The molecule has 2 aromatic carbocycles. The Morgan fingerprint density at radius 3 is 1.47 bits per heavy atom. The molecule has 0 aliphatic carbocycles. The molecule has 0 spiro atoms. The molecule has 2 rings (SSSR count). The molecule has 0 aromatic heterocycles. The molecule has 0 saturated heterocycles. The normalized spacial score (nSPS) is 9.87. The lowest BCUT2D eigenvalue weighted by molar-refractivity contribution is 1.55. The topological polar surface area (TPSA) is 0 Å². The summed E-state index contributed by atoms with van der Waals surface area (Å²) in [6, 6.07) is 21.1. The molecule has 15 heavy (non-hydrogen) atoms. The molecule has 74 valence electrons. The lowest BCUT2D eigenvalue weighted by Crippen LogP contribution is -1.87. The van der Waals surface area contributed by atoms with Crippen LogP contribution in [0.15, 0.2) is 66.4 Å². The van der Waals surface area contributed by atoms with Gasteiger partial charge in [0.05, 0.1) is 0 Å². The molecule has 0 radical (unpaired) electrons. The van der Waals surface area contributed by atoms with Gasteiger partial charge in [0.15, 0.2) is 0 Å². The van der Waals surface area contributed by atoms with Gasteiger partial charge in [0.2, 0.25) is 0 Å². The molecule has 2 aromatic rings. The lowest BCUT2D eigenvalue weighted by atomic mass is 10.00. The van der Waals surface area contributed by atoms with E-state index in [1.54, 1.807) is 0 Å². The summed E-state index contributed by atoms with van der Waals surface area (Å²) < 4.78 is 0. The van der Waals surface area contributed by atoms with Gasteiger partial charge in [-0.2, -0.15) is 0 Å². The van der Waals surface area contributed by atoms with Crippen LogP contribution in [-0.2, 0) is 0 Å². The zero-order valence-electron chi connectivity index (χ0n) is 8.85. The van der Waals surface area contributed by atoms with E-state index in [0.717, 1.165) is 10.2 Å². The van der Waals surface area contributed by atoms with Gasteiger partial charge in [0, 0.05) is 10.2 Å². The highest BCUT2D eigenvalue weighted by Crippen LogP contribution is 2.21. The van der Waals surface area contributed by atoms with Crippen molar-refractivity contribution in [3.8, 4) is 0 Å². The van der Waals surface area contributed by atoms with Gasteiger partial charge in [-0.15, -0.1) is 0 Å². The Labute approximate surface area is 93.7 Å². The fraction of sp³-hybridized carbons (Fsp3) is 0. The van der Waals surface area contributed by atoms with Crippen molar-refractivity contribution < 1.29 is 0 Å². The first-order valence-electron chi connectivity index (χ1n) is 5.19. The van der Waals surface area contributed by atoms with Crippen molar-refractivity contribution in [3.63, 3.8) is 0 Å². The summed E-state index contributed by atoms with van der Waals surface area (Å²) >= 11 is 0. The lowest BCUT2D eigenvalue weighted by Gasteiger charge is -2.07. The summed E-state index contributed by atoms with van der Waals surface area (Å²) in [6.07, 6.45) is 0. The third-order valence-corrected chi connectivity index (χ3v) is 3.04. The fourth-order valence-corrected chi connectivity index (χ4v) is 2.40. The molecule has 0 nitrogen and oxygen atoms in total. The van der Waals surface area contributed by atoms with Crippen LogP contribution in [0.5, 0.6) is 0 Å². The Hall–Kier alpha value is -1.60. The molecular formula is C14H14Si. The Bertz CT molecular complexity index is 402. The summed E-state index contributed by atoms with van der Waals surface area (Å²) in [5.41, 5.74) is 6.25. The van der Waals surface area contributed by atoms with Gasteiger partial charge in [-0.1, -0.05) is 66.4 Å². The van der Waals surface area contributed by atoms with Gasteiger partial charge in [0.25, 0.3) is 0 Å². The number of hydrogen-bond donors (Lipinski definition) is 0.